The lowest BCUT2D eigenvalue weighted by molar-refractivity contribution is 0.893. The number of rotatable bonds is 3. The van der Waals surface area contributed by atoms with Crippen molar-refractivity contribution in [3.8, 4) is 6.07 Å². The van der Waals surface area contributed by atoms with E-state index in [1.165, 1.54) is 5.56 Å². The Morgan fingerprint density at radius 3 is 2.60 bits per heavy atom. The van der Waals surface area contributed by atoms with E-state index in [0.29, 0.717) is 5.56 Å². The standard InChI is InChI=1S/C17H14N2S/c1-12(14-8-9-20-11-14)19-17-7-6-13(10-18)15-4-2-3-5-16(15)17/h2-9,11-12,19H,1H3. The monoisotopic (exact) mass is 278 g/mol. The van der Waals surface area contributed by atoms with Gasteiger partial charge in [0.1, 0.15) is 0 Å². The van der Waals surface area contributed by atoms with Gasteiger partial charge in [-0.25, -0.2) is 0 Å². The maximum atomic E-state index is 9.19. The summed E-state index contributed by atoms with van der Waals surface area (Å²) in [6.07, 6.45) is 0. The van der Waals surface area contributed by atoms with Crippen molar-refractivity contribution in [3.63, 3.8) is 0 Å². The van der Waals surface area contributed by atoms with E-state index in [4.69, 9.17) is 0 Å². The molecular weight excluding hydrogens is 264 g/mol. The Kier molecular flexibility index (Phi) is 3.41. The number of hydrogen-bond acceptors (Lipinski definition) is 3. The van der Waals surface area contributed by atoms with Gasteiger partial charge in [0.2, 0.25) is 0 Å². The lowest BCUT2D eigenvalue weighted by atomic mass is 10.0. The molecule has 0 aliphatic rings. The minimum atomic E-state index is 0.248. The quantitative estimate of drug-likeness (QED) is 0.736. The largest absolute Gasteiger partial charge is 0.378 e. The summed E-state index contributed by atoms with van der Waals surface area (Å²) in [7, 11) is 0. The molecule has 0 aliphatic carbocycles. The van der Waals surface area contributed by atoms with Gasteiger partial charge in [0.15, 0.2) is 0 Å². The van der Waals surface area contributed by atoms with E-state index in [2.05, 4.69) is 41.2 Å². The maximum absolute atomic E-state index is 9.19. The average Bonchev–Trinajstić information content (AvgIpc) is 3.02. The van der Waals surface area contributed by atoms with E-state index < -0.39 is 0 Å². The Hall–Kier alpha value is -2.31. The number of benzene rings is 2. The molecule has 0 saturated carbocycles. The Morgan fingerprint density at radius 1 is 1.10 bits per heavy atom. The summed E-state index contributed by atoms with van der Waals surface area (Å²) in [4.78, 5) is 0. The SMILES string of the molecule is CC(Nc1ccc(C#N)c2ccccc12)c1ccsc1. The fraction of sp³-hybridized carbons (Fsp3) is 0.118. The van der Waals surface area contributed by atoms with Crippen molar-refractivity contribution in [1.82, 2.24) is 0 Å². The molecule has 20 heavy (non-hydrogen) atoms. The van der Waals surface area contributed by atoms with Crippen molar-refractivity contribution in [2.75, 3.05) is 5.32 Å². The van der Waals surface area contributed by atoms with Gasteiger partial charge in [0.25, 0.3) is 0 Å². The van der Waals surface area contributed by atoms with Crippen molar-refractivity contribution in [3.05, 3.63) is 64.4 Å². The van der Waals surface area contributed by atoms with E-state index >= 15 is 0 Å². The molecule has 0 saturated heterocycles. The Balaban J connectivity index is 2.03. The van der Waals surface area contributed by atoms with Crippen LogP contribution in [-0.4, -0.2) is 0 Å². The van der Waals surface area contributed by atoms with Crippen LogP contribution in [0.1, 0.15) is 24.1 Å². The van der Waals surface area contributed by atoms with Crippen LogP contribution in [0, 0.1) is 11.3 Å². The summed E-state index contributed by atoms with van der Waals surface area (Å²) in [5, 5.41) is 19.1. The third kappa shape index (κ3) is 2.26. The van der Waals surface area contributed by atoms with Crippen LogP contribution < -0.4 is 5.32 Å². The van der Waals surface area contributed by atoms with Gasteiger partial charge < -0.3 is 5.32 Å². The molecule has 98 valence electrons. The minimum absolute atomic E-state index is 0.248. The molecule has 3 aromatic rings. The van der Waals surface area contributed by atoms with E-state index in [1.54, 1.807) is 11.3 Å². The fourth-order valence-corrected chi connectivity index (χ4v) is 3.11. The molecule has 0 amide bonds. The highest BCUT2D eigenvalue weighted by molar-refractivity contribution is 7.08. The van der Waals surface area contributed by atoms with Gasteiger partial charge in [-0.1, -0.05) is 24.3 Å². The molecule has 2 aromatic carbocycles. The summed E-state index contributed by atoms with van der Waals surface area (Å²) in [5.74, 6) is 0. The van der Waals surface area contributed by atoms with Crippen LogP contribution in [0.3, 0.4) is 0 Å². The van der Waals surface area contributed by atoms with Crippen LogP contribution in [0.4, 0.5) is 5.69 Å². The van der Waals surface area contributed by atoms with E-state index in [0.717, 1.165) is 16.5 Å². The lowest BCUT2D eigenvalue weighted by Crippen LogP contribution is -2.06. The zero-order valence-electron chi connectivity index (χ0n) is 11.1. The molecule has 0 radical (unpaired) electrons. The first-order valence-electron chi connectivity index (χ1n) is 6.50. The average molecular weight is 278 g/mol. The molecule has 0 aliphatic heterocycles. The summed E-state index contributed by atoms with van der Waals surface area (Å²) in [5.41, 5.74) is 3.07. The van der Waals surface area contributed by atoms with Crippen LogP contribution >= 0.6 is 11.3 Å². The predicted octanol–water partition coefficient (Wildman–Crippen LogP) is 4.95. The fourth-order valence-electron chi connectivity index (χ4n) is 2.36. The summed E-state index contributed by atoms with van der Waals surface area (Å²) < 4.78 is 0. The molecule has 1 atom stereocenters. The number of nitrogens with zero attached hydrogens (tertiary/aromatic N) is 1. The summed E-state index contributed by atoms with van der Waals surface area (Å²) in [6.45, 7) is 2.15. The van der Waals surface area contributed by atoms with Crippen molar-refractivity contribution in [2.45, 2.75) is 13.0 Å². The number of nitrogens with one attached hydrogen (secondary N) is 1. The van der Waals surface area contributed by atoms with Crippen LogP contribution in [-0.2, 0) is 0 Å². The van der Waals surface area contributed by atoms with Crippen LogP contribution in [0.15, 0.2) is 53.2 Å². The Labute approximate surface area is 122 Å². The van der Waals surface area contributed by atoms with Crippen molar-refractivity contribution < 1.29 is 0 Å². The second-order valence-corrected chi connectivity index (χ2v) is 5.52. The topological polar surface area (TPSA) is 35.8 Å². The van der Waals surface area contributed by atoms with E-state index in [-0.39, 0.29) is 6.04 Å². The molecule has 1 aromatic heterocycles. The highest BCUT2D eigenvalue weighted by Gasteiger charge is 2.09. The zero-order chi connectivity index (χ0) is 13.9. The molecule has 1 unspecified atom stereocenters. The van der Waals surface area contributed by atoms with Crippen molar-refractivity contribution in [1.29, 1.82) is 5.26 Å². The second-order valence-electron chi connectivity index (χ2n) is 4.74. The molecule has 0 spiro atoms. The molecule has 1 heterocycles. The van der Waals surface area contributed by atoms with Crippen molar-refractivity contribution >= 4 is 27.8 Å². The smallest absolute Gasteiger partial charge is 0.0998 e. The first kappa shape index (κ1) is 12.7. The number of nitriles is 1. The molecule has 1 N–H and O–H groups in total. The lowest BCUT2D eigenvalue weighted by Gasteiger charge is -2.16. The Bertz CT molecular complexity index is 769. The number of thiophene rings is 1. The summed E-state index contributed by atoms with van der Waals surface area (Å²) in [6, 6.07) is 16.5. The normalized spacial score (nSPS) is 12.0. The molecule has 0 fully saturated rings. The highest BCUT2D eigenvalue weighted by Crippen LogP contribution is 2.29. The van der Waals surface area contributed by atoms with Crippen LogP contribution in [0.2, 0.25) is 0 Å². The first-order chi connectivity index (χ1) is 9.79. The molecule has 0 bridgehead atoms. The van der Waals surface area contributed by atoms with Crippen LogP contribution in [0.5, 0.6) is 0 Å². The predicted molar refractivity (Wildman–Crippen MR) is 85.0 cm³/mol. The second kappa shape index (κ2) is 5.36. The minimum Gasteiger partial charge on any atom is -0.378 e. The van der Waals surface area contributed by atoms with Crippen LogP contribution in [0.25, 0.3) is 10.8 Å². The molecule has 3 rings (SSSR count). The van der Waals surface area contributed by atoms with Gasteiger partial charge in [-0.05, 0) is 41.4 Å². The number of hydrogen-bond donors (Lipinski definition) is 1. The van der Waals surface area contributed by atoms with E-state index in [9.17, 15) is 5.26 Å². The number of anilines is 1. The third-order valence-electron chi connectivity index (χ3n) is 3.46. The zero-order valence-corrected chi connectivity index (χ0v) is 11.9. The van der Waals surface area contributed by atoms with E-state index in [1.807, 2.05) is 30.3 Å². The molecular formula is C17H14N2S. The third-order valence-corrected chi connectivity index (χ3v) is 4.16. The molecule has 2 nitrogen and oxygen atoms in total. The Morgan fingerprint density at radius 2 is 1.90 bits per heavy atom. The highest BCUT2D eigenvalue weighted by atomic mass is 32.1. The van der Waals surface area contributed by atoms with Crippen molar-refractivity contribution in [2.24, 2.45) is 0 Å². The van der Waals surface area contributed by atoms with Gasteiger partial charge in [0.05, 0.1) is 11.6 Å². The van der Waals surface area contributed by atoms with Gasteiger partial charge in [-0.2, -0.15) is 16.6 Å². The van der Waals surface area contributed by atoms with Gasteiger partial charge in [-0.3, -0.25) is 0 Å². The first-order valence-corrected chi connectivity index (χ1v) is 7.44. The van der Waals surface area contributed by atoms with Gasteiger partial charge in [0, 0.05) is 22.5 Å². The molecule has 3 heteroatoms. The van der Waals surface area contributed by atoms with Gasteiger partial charge >= 0.3 is 0 Å². The van der Waals surface area contributed by atoms with Gasteiger partial charge in [-0.15, -0.1) is 0 Å². The maximum Gasteiger partial charge on any atom is 0.0998 e. The summed E-state index contributed by atoms with van der Waals surface area (Å²) >= 11 is 1.71. The number of fused-ring (bicyclic) bond motifs is 1.